The summed E-state index contributed by atoms with van der Waals surface area (Å²) in [5, 5.41) is 0. The first-order valence-electron chi connectivity index (χ1n) is 5.25. The second kappa shape index (κ2) is 5.54. The van der Waals surface area contributed by atoms with E-state index in [2.05, 4.69) is 10.3 Å². The van der Waals surface area contributed by atoms with Crippen LogP contribution in [0.25, 0.3) is 0 Å². The standard InChI is InChI=1S/C9H16F3N3O2/c1-7(9(10,11)12)14-3-5-15(6-4-14)8(16)13-17-2/h7H,3-6H2,1-2H3,(H,13,16)/t7-/m0/s1. The third kappa shape index (κ3) is 3.74. The van der Waals surface area contributed by atoms with Gasteiger partial charge in [-0.25, -0.2) is 10.3 Å². The van der Waals surface area contributed by atoms with Gasteiger partial charge in [-0.1, -0.05) is 0 Å². The van der Waals surface area contributed by atoms with Crippen molar-refractivity contribution in [2.24, 2.45) is 0 Å². The topological polar surface area (TPSA) is 44.8 Å². The molecule has 0 aromatic rings. The van der Waals surface area contributed by atoms with Crippen LogP contribution in [0.4, 0.5) is 18.0 Å². The van der Waals surface area contributed by atoms with Crippen LogP contribution in [0.3, 0.4) is 0 Å². The van der Waals surface area contributed by atoms with Crippen LogP contribution in [0.5, 0.6) is 0 Å². The van der Waals surface area contributed by atoms with E-state index >= 15 is 0 Å². The lowest BCUT2D eigenvalue weighted by atomic mass is 10.2. The number of hydrogen-bond donors (Lipinski definition) is 1. The Morgan fingerprint density at radius 1 is 1.29 bits per heavy atom. The number of amides is 2. The van der Waals surface area contributed by atoms with Crippen molar-refractivity contribution in [3.8, 4) is 0 Å². The molecule has 0 aromatic heterocycles. The maximum atomic E-state index is 12.5. The van der Waals surface area contributed by atoms with Gasteiger partial charge in [0.05, 0.1) is 7.11 Å². The summed E-state index contributed by atoms with van der Waals surface area (Å²) in [5.41, 5.74) is 2.14. The van der Waals surface area contributed by atoms with Gasteiger partial charge in [0.1, 0.15) is 6.04 Å². The van der Waals surface area contributed by atoms with Crippen LogP contribution in [-0.2, 0) is 4.84 Å². The van der Waals surface area contributed by atoms with Crippen LogP contribution in [-0.4, -0.2) is 61.3 Å². The first-order valence-corrected chi connectivity index (χ1v) is 5.25. The predicted molar refractivity (Wildman–Crippen MR) is 54.2 cm³/mol. The number of halogens is 3. The van der Waals surface area contributed by atoms with E-state index in [4.69, 9.17) is 0 Å². The molecule has 1 aliphatic heterocycles. The second-order valence-electron chi connectivity index (χ2n) is 3.85. The third-order valence-electron chi connectivity index (χ3n) is 2.81. The van der Waals surface area contributed by atoms with Gasteiger partial charge >= 0.3 is 12.2 Å². The molecule has 1 rings (SSSR count). The maximum Gasteiger partial charge on any atom is 0.403 e. The number of piperazine rings is 1. The molecule has 0 aliphatic carbocycles. The van der Waals surface area contributed by atoms with E-state index in [0.29, 0.717) is 0 Å². The monoisotopic (exact) mass is 255 g/mol. The van der Waals surface area contributed by atoms with E-state index in [1.54, 1.807) is 0 Å². The van der Waals surface area contributed by atoms with Crippen LogP contribution < -0.4 is 5.48 Å². The summed E-state index contributed by atoms with van der Waals surface area (Å²) in [5.74, 6) is 0. The van der Waals surface area contributed by atoms with Crippen molar-refractivity contribution >= 4 is 6.03 Å². The molecule has 2 amide bonds. The van der Waals surface area contributed by atoms with Gasteiger partial charge < -0.3 is 4.90 Å². The number of hydrogen-bond acceptors (Lipinski definition) is 3. The summed E-state index contributed by atoms with van der Waals surface area (Å²) in [6, 6.07) is -1.90. The van der Waals surface area contributed by atoms with E-state index in [0.717, 1.165) is 6.92 Å². The quantitative estimate of drug-likeness (QED) is 0.743. The lowest BCUT2D eigenvalue weighted by molar-refractivity contribution is -0.181. The first kappa shape index (κ1) is 14.0. The molecule has 0 unspecified atom stereocenters. The summed E-state index contributed by atoms with van der Waals surface area (Å²) in [6.07, 6.45) is -4.23. The Bertz CT molecular complexity index is 265. The van der Waals surface area contributed by atoms with Crippen molar-refractivity contribution in [3.63, 3.8) is 0 Å². The van der Waals surface area contributed by atoms with E-state index in [1.165, 1.54) is 16.9 Å². The smallest absolute Gasteiger partial charge is 0.320 e. The molecule has 5 nitrogen and oxygen atoms in total. The van der Waals surface area contributed by atoms with Gasteiger partial charge in [0.15, 0.2) is 0 Å². The Morgan fingerprint density at radius 2 is 1.82 bits per heavy atom. The van der Waals surface area contributed by atoms with Crippen molar-refractivity contribution < 1.29 is 22.8 Å². The van der Waals surface area contributed by atoms with Crippen LogP contribution in [0.1, 0.15) is 6.92 Å². The molecule has 1 N–H and O–H groups in total. The molecular formula is C9H16F3N3O2. The number of carbonyl (C=O) groups is 1. The number of hydroxylamine groups is 1. The average Bonchev–Trinajstić information content (AvgIpc) is 2.27. The fourth-order valence-corrected chi connectivity index (χ4v) is 1.67. The number of carbonyl (C=O) groups excluding carboxylic acids is 1. The van der Waals surface area contributed by atoms with Crippen molar-refractivity contribution in [3.05, 3.63) is 0 Å². The third-order valence-corrected chi connectivity index (χ3v) is 2.81. The summed E-state index contributed by atoms with van der Waals surface area (Å²) in [6.45, 7) is 2.06. The molecule has 8 heteroatoms. The van der Waals surface area contributed by atoms with Crippen LogP contribution >= 0.6 is 0 Å². The highest BCUT2D eigenvalue weighted by Gasteiger charge is 2.41. The minimum absolute atomic E-state index is 0.206. The van der Waals surface area contributed by atoms with Gasteiger partial charge in [0, 0.05) is 26.2 Å². The highest BCUT2D eigenvalue weighted by Crippen LogP contribution is 2.25. The van der Waals surface area contributed by atoms with Crippen molar-refractivity contribution in [1.29, 1.82) is 0 Å². The number of alkyl halides is 3. The highest BCUT2D eigenvalue weighted by molar-refractivity contribution is 5.73. The van der Waals surface area contributed by atoms with Crippen molar-refractivity contribution in [2.45, 2.75) is 19.1 Å². The molecule has 1 aliphatic rings. The Balaban J connectivity index is 2.43. The Hall–Kier alpha value is -1.02. The molecule has 17 heavy (non-hydrogen) atoms. The summed E-state index contributed by atoms with van der Waals surface area (Å²) in [7, 11) is 1.31. The number of urea groups is 1. The fraction of sp³-hybridized carbons (Fsp3) is 0.889. The molecule has 1 heterocycles. The highest BCUT2D eigenvalue weighted by atomic mass is 19.4. The molecule has 100 valence electrons. The van der Waals surface area contributed by atoms with Crippen LogP contribution in [0.2, 0.25) is 0 Å². The largest absolute Gasteiger partial charge is 0.403 e. The SMILES string of the molecule is CONC(=O)N1CCN([C@@H](C)C(F)(F)F)CC1. The molecule has 1 saturated heterocycles. The van der Waals surface area contributed by atoms with E-state index < -0.39 is 18.2 Å². The summed E-state index contributed by atoms with van der Waals surface area (Å²) < 4.78 is 37.4. The normalized spacial score (nSPS) is 20.2. The zero-order valence-corrected chi connectivity index (χ0v) is 9.75. The maximum absolute atomic E-state index is 12.5. The first-order chi connectivity index (χ1) is 7.86. The fourth-order valence-electron chi connectivity index (χ4n) is 1.67. The minimum Gasteiger partial charge on any atom is -0.320 e. The van der Waals surface area contributed by atoms with Gasteiger partial charge in [0.2, 0.25) is 0 Å². The van der Waals surface area contributed by atoms with Gasteiger partial charge in [-0.15, -0.1) is 0 Å². The average molecular weight is 255 g/mol. The van der Waals surface area contributed by atoms with Gasteiger partial charge in [-0.3, -0.25) is 9.74 Å². The van der Waals surface area contributed by atoms with Crippen LogP contribution in [0.15, 0.2) is 0 Å². The van der Waals surface area contributed by atoms with E-state index in [9.17, 15) is 18.0 Å². The predicted octanol–water partition coefficient (Wildman–Crippen LogP) is 0.826. The zero-order valence-electron chi connectivity index (χ0n) is 9.75. The van der Waals surface area contributed by atoms with Gasteiger partial charge in [-0.05, 0) is 6.92 Å². The van der Waals surface area contributed by atoms with Crippen molar-refractivity contribution in [1.82, 2.24) is 15.3 Å². The molecule has 0 bridgehead atoms. The van der Waals surface area contributed by atoms with Crippen LogP contribution in [0, 0.1) is 0 Å². The molecule has 0 radical (unpaired) electrons. The molecule has 0 aromatic carbocycles. The molecule has 1 fully saturated rings. The molecule has 0 spiro atoms. The minimum atomic E-state index is -4.23. The molecular weight excluding hydrogens is 239 g/mol. The van der Waals surface area contributed by atoms with Gasteiger partial charge in [0.25, 0.3) is 0 Å². The van der Waals surface area contributed by atoms with Gasteiger partial charge in [-0.2, -0.15) is 13.2 Å². The molecule has 0 saturated carbocycles. The lowest BCUT2D eigenvalue weighted by Gasteiger charge is -2.38. The van der Waals surface area contributed by atoms with E-state index in [1.807, 2.05) is 0 Å². The Morgan fingerprint density at radius 3 is 2.24 bits per heavy atom. The van der Waals surface area contributed by atoms with E-state index in [-0.39, 0.29) is 26.2 Å². The number of nitrogens with zero attached hydrogens (tertiary/aromatic N) is 2. The summed E-state index contributed by atoms with van der Waals surface area (Å²) in [4.78, 5) is 18.5. The number of nitrogens with one attached hydrogen (secondary N) is 1. The number of rotatable bonds is 2. The van der Waals surface area contributed by atoms with Crippen molar-refractivity contribution in [2.75, 3.05) is 33.3 Å². The second-order valence-corrected chi connectivity index (χ2v) is 3.85. The molecule has 1 atom stereocenters. The summed E-state index contributed by atoms with van der Waals surface area (Å²) >= 11 is 0. The zero-order chi connectivity index (χ0) is 13.1. The Labute approximate surface area is 97.4 Å². The lowest BCUT2D eigenvalue weighted by Crippen LogP contribution is -2.56. The Kier molecular flexibility index (Phi) is 4.58.